The van der Waals surface area contributed by atoms with Gasteiger partial charge in [0.05, 0.1) is 29.8 Å². The van der Waals surface area contributed by atoms with Gasteiger partial charge in [0.1, 0.15) is 0 Å². The van der Waals surface area contributed by atoms with Gasteiger partial charge < -0.3 is 9.84 Å². The Morgan fingerprint density at radius 2 is 1.86 bits per heavy atom. The molecular weight excluding hydrogens is 464 g/mol. The van der Waals surface area contributed by atoms with E-state index in [1.54, 1.807) is 39.9 Å². The van der Waals surface area contributed by atoms with E-state index in [4.69, 9.17) is 9.84 Å². The molecule has 1 aliphatic rings. The molecule has 0 radical (unpaired) electrons. The van der Waals surface area contributed by atoms with E-state index in [-0.39, 0.29) is 11.8 Å². The molecule has 0 spiro atoms. The number of carbonyl (C=O) groups is 2. The lowest BCUT2D eigenvalue weighted by Crippen LogP contribution is -2.58. The number of nitrogens with zero attached hydrogens (tertiary/aromatic N) is 4. The first-order valence-corrected chi connectivity index (χ1v) is 12.7. The normalized spacial score (nSPS) is 14.3. The molecule has 3 aromatic rings. The number of carbonyl (C=O) groups excluding carboxylic acids is 2. The highest BCUT2D eigenvalue weighted by molar-refractivity contribution is 7.99. The summed E-state index contributed by atoms with van der Waals surface area (Å²) in [4.78, 5) is 30.7. The Bertz CT molecular complexity index is 1230. The van der Waals surface area contributed by atoms with Crippen molar-refractivity contribution < 1.29 is 24.1 Å². The van der Waals surface area contributed by atoms with Crippen molar-refractivity contribution in [2.45, 2.75) is 50.9 Å². The van der Waals surface area contributed by atoms with E-state index >= 15 is 0 Å². The van der Waals surface area contributed by atoms with Crippen LogP contribution in [0.5, 0.6) is 5.88 Å². The van der Waals surface area contributed by atoms with Crippen LogP contribution < -0.4 is 14.7 Å². The maximum atomic E-state index is 13.3. The third-order valence-electron chi connectivity index (χ3n) is 5.92. The number of fused-ring (bicyclic) bond motifs is 3. The second kappa shape index (κ2) is 10.9. The molecule has 182 valence electrons. The predicted molar refractivity (Wildman–Crippen MR) is 131 cm³/mol. The highest BCUT2D eigenvalue weighted by Gasteiger charge is 2.43. The quantitative estimate of drug-likeness (QED) is 0.204. The predicted octanol–water partition coefficient (Wildman–Crippen LogP) is 3.88. The summed E-state index contributed by atoms with van der Waals surface area (Å²) in [6.45, 7) is 3.65. The second-order valence-electron chi connectivity index (χ2n) is 8.30. The summed E-state index contributed by atoms with van der Waals surface area (Å²) in [6.07, 6.45) is 3.74. The van der Waals surface area contributed by atoms with Crippen LogP contribution in [0.4, 0.5) is 5.69 Å². The summed E-state index contributed by atoms with van der Waals surface area (Å²) in [6, 6.07) is 14.0. The standard InChI is InChI=1S/C26H28N4O4S/c1-4-5-6-9-16-35-26-27-23(32)22-20-10-7-8-11-21(20)29(17(2)31)24(30(22)28-26)18-12-14-19(15-13-18)25(33)34-3/h7-8,10-15,24H,4-6,9,16H2,1-3H3. The molecule has 8 nitrogen and oxygen atoms in total. The Kier molecular flexibility index (Phi) is 7.65. The number of hydrogen-bond acceptors (Lipinski definition) is 7. The van der Waals surface area contributed by atoms with Crippen LogP contribution in [0.25, 0.3) is 11.3 Å². The summed E-state index contributed by atoms with van der Waals surface area (Å²) in [5.41, 5.74) is 2.64. The van der Waals surface area contributed by atoms with Crippen LogP contribution >= 0.6 is 11.8 Å². The number of benzene rings is 2. The van der Waals surface area contributed by atoms with Gasteiger partial charge >= 0.3 is 5.97 Å². The molecule has 1 atom stereocenters. The molecule has 4 rings (SSSR count). The maximum Gasteiger partial charge on any atom is 0.337 e. The molecule has 0 N–H and O–H groups in total. The lowest BCUT2D eigenvalue weighted by Gasteiger charge is -2.32. The number of unbranched alkanes of at least 4 members (excludes halogenated alkanes) is 3. The summed E-state index contributed by atoms with van der Waals surface area (Å²) in [5.74, 6) is -0.224. The maximum absolute atomic E-state index is 13.3. The number of rotatable bonds is 8. The van der Waals surface area contributed by atoms with Crippen LogP contribution in [-0.2, 0) is 9.53 Å². The fraction of sp³-hybridized carbons (Fsp3) is 0.346. The van der Waals surface area contributed by atoms with Gasteiger partial charge in [-0.25, -0.2) is 14.7 Å². The van der Waals surface area contributed by atoms with Crippen molar-refractivity contribution in [1.82, 2.24) is 10.1 Å². The minimum Gasteiger partial charge on any atom is -0.854 e. The molecule has 1 aliphatic heterocycles. The van der Waals surface area contributed by atoms with Gasteiger partial charge in [0.2, 0.25) is 5.91 Å². The number of thioether (sulfide) groups is 1. The van der Waals surface area contributed by atoms with Crippen molar-refractivity contribution >= 4 is 29.3 Å². The van der Waals surface area contributed by atoms with Gasteiger partial charge in [0.15, 0.2) is 0 Å². The Hall–Kier alpha value is -3.46. The zero-order valence-electron chi connectivity index (χ0n) is 20.1. The van der Waals surface area contributed by atoms with Gasteiger partial charge in [-0.15, -0.1) is 0 Å². The highest BCUT2D eigenvalue weighted by atomic mass is 32.2. The summed E-state index contributed by atoms with van der Waals surface area (Å²) in [7, 11) is 1.33. The van der Waals surface area contributed by atoms with Crippen LogP contribution in [0.3, 0.4) is 0 Å². The fourth-order valence-electron chi connectivity index (χ4n) is 4.24. The molecule has 0 bridgehead atoms. The van der Waals surface area contributed by atoms with Crippen LogP contribution in [0, 0.1) is 0 Å². The van der Waals surface area contributed by atoms with Gasteiger partial charge in [-0.05, 0) is 42.8 Å². The molecular formula is C26H28N4O4S. The minimum absolute atomic E-state index is 0.197. The van der Waals surface area contributed by atoms with E-state index in [2.05, 4.69) is 11.9 Å². The number of ether oxygens (including phenoxy) is 1. The van der Waals surface area contributed by atoms with E-state index in [1.165, 1.54) is 32.2 Å². The Labute approximate surface area is 209 Å². The third kappa shape index (κ3) is 5.00. The molecule has 1 amide bonds. The molecule has 0 saturated carbocycles. The first-order valence-electron chi connectivity index (χ1n) is 11.7. The lowest BCUT2D eigenvalue weighted by atomic mass is 10.0. The Morgan fingerprint density at radius 3 is 2.54 bits per heavy atom. The van der Waals surface area contributed by atoms with Crippen molar-refractivity contribution in [2.75, 3.05) is 17.8 Å². The van der Waals surface area contributed by atoms with Gasteiger partial charge in [0.25, 0.3) is 17.0 Å². The molecule has 0 fully saturated rings. The number of hydrogen-bond donors (Lipinski definition) is 0. The van der Waals surface area contributed by atoms with E-state index in [0.29, 0.717) is 33.2 Å². The number of methoxy groups -OCH3 is 1. The first kappa shape index (κ1) is 24.7. The molecule has 0 saturated heterocycles. The molecule has 2 aromatic carbocycles. The van der Waals surface area contributed by atoms with Gasteiger partial charge in [-0.3, -0.25) is 4.79 Å². The van der Waals surface area contributed by atoms with Crippen LogP contribution in [-0.4, -0.2) is 34.8 Å². The summed E-state index contributed by atoms with van der Waals surface area (Å²) >= 11 is 1.45. The number of amides is 1. The minimum atomic E-state index is -0.709. The number of aromatic nitrogens is 3. The first-order chi connectivity index (χ1) is 17.0. The fourth-order valence-corrected chi connectivity index (χ4v) is 5.06. The summed E-state index contributed by atoms with van der Waals surface area (Å²) < 4.78 is 6.40. The number of esters is 1. The van der Waals surface area contributed by atoms with Gasteiger partial charge in [-0.1, -0.05) is 54.8 Å². The van der Waals surface area contributed by atoms with Crippen molar-refractivity contribution in [1.29, 1.82) is 0 Å². The lowest BCUT2D eigenvalue weighted by molar-refractivity contribution is -0.764. The van der Waals surface area contributed by atoms with Crippen molar-refractivity contribution in [3.8, 4) is 17.1 Å². The smallest absolute Gasteiger partial charge is 0.337 e. The molecule has 2 heterocycles. The number of anilines is 1. The zero-order valence-corrected chi connectivity index (χ0v) is 20.9. The Morgan fingerprint density at radius 1 is 1.11 bits per heavy atom. The van der Waals surface area contributed by atoms with E-state index in [9.17, 15) is 14.7 Å². The molecule has 0 aliphatic carbocycles. The van der Waals surface area contributed by atoms with Crippen molar-refractivity contribution in [3.63, 3.8) is 0 Å². The van der Waals surface area contributed by atoms with Crippen LogP contribution in [0.15, 0.2) is 53.7 Å². The van der Waals surface area contributed by atoms with Gasteiger partial charge in [-0.2, -0.15) is 0 Å². The number of para-hydroxylation sites is 1. The van der Waals surface area contributed by atoms with Gasteiger partial charge in [0, 0.05) is 23.3 Å². The van der Waals surface area contributed by atoms with Crippen LogP contribution in [0.1, 0.15) is 61.6 Å². The van der Waals surface area contributed by atoms with Crippen molar-refractivity contribution in [3.05, 3.63) is 59.7 Å². The van der Waals surface area contributed by atoms with E-state index in [0.717, 1.165) is 25.0 Å². The van der Waals surface area contributed by atoms with E-state index < -0.39 is 12.1 Å². The Balaban J connectivity index is 1.82. The van der Waals surface area contributed by atoms with E-state index in [1.807, 2.05) is 18.2 Å². The second-order valence-corrected chi connectivity index (χ2v) is 9.36. The molecule has 1 unspecified atom stereocenters. The van der Waals surface area contributed by atoms with Crippen molar-refractivity contribution in [2.24, 2.45) is 0 Å². The average molecular weight is 493 g/mol. The average Bonchev–Trinajstić information content (AvgIpc) is 2.87. The molecule has 35 heavy (non-hydrogen) atoms. The third-order valence-corrected chi connectivity index (χ3v) is 6.84. The summed E-state index contributed by atoms with van der Waals surface area (Å²) in [5, 5.41) is 18.4. The monoisotopic (exact) mass is 492 g/mol. The van der Waals surface area contributed by atoms with Crippen LogP contribution in [0.2, 0.25) is 0 Å². The highest BCUT2D eigenvalue weighted by Crippen LogP contribution is 2.40. The topological polar surface area (TPSA) is 99.3 Å². The molecule has 1 aromatic heterocycles. The zero-order chi connectivity index (χ0) is 24.9. The largest absolute Gasteiger partial charge is 0.854 e. The molecule has 9 heteroatoms. The SMILES string of the molecule is CCCCCCSc1nc([O-])c2[n+](n1)C(c1ccc(C(=O)OC)cc1)N(C(C)=O)c1ccccc1-2.